The van der Waals surface area contributed by atoms with Gasteiger partial charge in [0, 0.05) is 18.5 Å². The van der Waals surface area contributed by atoms with Crippen LogP contribution in [0.3, 0.4) is 0 Å². The summed E-state index contributed by atoms with van der Waals surface area (Å²) in [7, 11) is -0.565. The predicted octanol–water partition coefficient (Wildman–Crippen LogP) is 3.24. The molecule has 0 atom stereocenters. The van der Waals surface area contributed by atoms with Gasteiger partial charge in [-0.1, -0.05) is 13.0 Å². The molecule has 1 aromatic carbocycles. The molecular formula is C14H22ClNO3S. The van der Waals surface area contributed by atoms with Gasteiger partial charge in [0.25, 0.3) is 0 Å². The van der Waals surface area contributed by atoms with Crippen LogP contribution in [0.1, 0.15) is 32.8 Å². The van der Waals surface area contributed by atoms with Crippen molar-refractivity contribution in [3.05, 3.63) is 23.8 Å². The van der Waals surface area contributed by atoms with Gasteiger partial charge in [0.15, 0.2) is 0 Å². The van der Waals surface area contributed by atoms with Gasteiger partial charge in [-0.2, -0.15) is 4.31 Å². The van der Waals surface area contributed by atoms with Crippen LogP contribution in [-0.4, -0.2) is 32.4 Å². The topological polar surface area (TPSA) is 46.6 Å². The molecule has 0 amide bonds. The van der Waals surface area contributed by atoms with Gasteiger partial charge in [-0.05, 0) is 38.0 Å². The van der Waals surface area contributed by atoms with E-state index in [0.717, 1.165) is 5.56 Å². The zero-order valence-electron chi connectivity index (χ0n) is 12.6. The molecule has 0 N–H and O–H groups in total. The van der Waals surface area contributed by atoms with Crippen LogP contribution in [0.5, 0.6) is 5.75 Å². The molecule has 0 aliphatic carbocycles. The number of rotatable bonds is 6. The minimum atomic E-state index is -3.61. The van der Waals surface area contributed by atoms with Gasteiger partial charge in [-0.25, -0.2) is 8.42 Å². The summed E-state index contributed by atoms with van der Waals surface area (Å²) < 4.78 is 32.1. The van der Waals surface area contributed by atoms with E-state index in [9.17, 15) is 8.42 Å². The van der Waals surface area contributed by atoms with Crippen LogP contribution in [0, 0.1) is 0 Å². The third-order valence-electron chi connectivity index (χ3n) is 3.74. The molecule has 0 bridgehead atoms. The summed E-state index contributed by atoms with van der Waals surface area (Å²) in [5, 5.41) is 0. The molecule has 0 aromatic heterocycles. The summed E-state index contributed by atoms with van der Waals surface area (Å²) in [5.74, 6) is 0.634. The van der Waals surface area contributed by atoms with Gasteiger partial charge in [0.1, 0.15) is 10.6 Å². The lowest BCUT2D eigenvalue weighted by Gasteiger charge is -2.34. The number of nitrogens with zero attached hydrogens (tertiary/aromatic N) is 1. The first-order chi connectivity index (χ1) is 9.20. The van der Waals surface area contributed by atoms with E-state index >= 15 is 0 Å². The van der Waals surface area contributed by atoms with Gasteiger partial charge >= 0.3 is 0 Å². The fourth-order valence-electron chi connectivity index (χ4n) is 1.70. The quantitative estimate of drug-likeness (QED) is 0.756. The number of hydrogen-bond donors (Lipinski definition) is 0. The highest BCUT2D eigenvalue weighted by Gasteiger charge is 2.34. The van der Waals surface area contributed by atoms with Crippen molar-refractivity contribution in [3.8, 4) is 5.75 Å². The van der Waals surface area contributed by atoms with Crippen molar-refractivity contribution in [2.75, 3.05) is 14.2 Å². The van der Waals surface area contributed by atoms with E-state index in [4.69, 9.17) is 16.3 Å². The fraction of sp³-hybridized carbons (Fsp3) is 0.571. The number of alkyl halides is 1. The third-order valence-corrected chi connectivity index (χ3v) is 6.16. The Morgan fingerprint density at radius 1 is 1.35 bits per heavy atom. The Bertz CT molecular complexity index is 570. The van der Waals surface area contributed by atoms with E-state index in [1.54, 1.807) is 25.2 Å². The molecule has 1 rings (SSSR count). The standard InChI is InChI=1S/C14H22ClNO3S/c1-6-14(2,3)16(4)20(17,18)13-8-7-11(10-15)9-12(13)19-5/h7-9H,6,10H2,1-5H3. The van der Waals surface area contributed by atoms with E-state index in [2.05, 4.69) is 0 Å². The molecule has 0 unspecified atom stereocenters. The van der Waals surface area contributed by atoms with Gasteiger partial charge in [-0.15, -0.1) is 11.6 Å². The molecule has 0 radical (unpaired) electrons. The zero-order chi connectivity index (χ0) is 15.6. The SMILES string of the molecule is CCC(C)(C)N(C)S(=O)(=O)c1ccc(CCl)cc1OC. The molecule has 0 spiro atoms. The molecule has 0 saturated carbocycles. The van der Waals surface area contributed by atoms with E-state index in [1.165, 1.54) is 11.4 Å². The highest BCUT2D eigenvalue weighted by molar-refractivity contribution is 7.89. The van der Waals surface area contributed by atoms with Crippen LogP contribution >= 0.6 is 11.6 Å². The molecule has 0 aliphatic heterocycles. The molecule has 0 heterocycles. The first-order valence-corrected chi connectivity index (χ1v) is 8.40. The summed E-state index contributed by atoms with van der Waals surface area (Å²) in [5.41, 5.74) is 0.356. The van der Waals surface area contributed by atoms with Gasteiger partial charge < -0.3 is 4.74 Å². The number of halogens is 1. The second-order valence-corrected chi connectivity index (χ2v) is 7.46. The number of methoxy groups -OCH3 is 1. The molecule has 0 fully saturated rings. The van der Waals surface area contributed by atoms with Crippen LogP contribution in [0.2, 0.25) is 0 Å². The molecule has 4 nitrogen and oxygen atoms in total. The minimum Gasteiger partial charge on any atom is -0.495 e. The summed E-state index contributed by atoms with van der Waals surface area (Å²) in [6.07, 6.45) is 0.713. The molecular weight excluding hydrogens is 298 g/mol. The first kappa shape index (κ1) is 17.3. The van der Waals surface area contributed by atoms with Crippen LogP contribution < -0.4 is 4.74 Å². The normalized spacial score (nSPS) is 12.8. The Labute approximate surface area is 126 Å². The second-order valence-electron chi connectivity index (χ2n) is 5.26. The lowest BCUT2D eigenvalue weighted by molar-refractivity contribution is 0.256. The Morgan fingerprint density at radius 2 is 1.95 bits per heavy atom. The van der Waals surface area contributed by atoms with Crippen molar-refractivity contribution >= 4 is 21.6 Å². The van der Waals surface area contributed by atoms with E-state index in [-0.39, 0.29) is 4.90 Å². The molecule has 114 valence electrons. The smallest absolute Gasteiger partial charge is 0.246 e. The maximum Gasteiger partial charge on any atom is 0.246 e. The van der Waals surface area contributed by atoms with Crippen molar-refractivity contribution in [1.29, 1.82) is 0 Å². The van der Waals surface area contributed by atoms with E-state index < -0.39 is 15.6 Å². The number of hydrogen-bond acceptors (Lipinski definition) is 3. The average molecular weight is 320 g/mol. The van der Waals surface area contributed by atoms with Gasteiger partial charge in [-0.3, -0.25) is 0 Å². The Balaban J connectivity index is 3.36. The highest BCUT2D eigenvalue weighted by Crippen LogP contribution is 2.31. The average Bonchev–Trinajstić information content (AvgIpc) is 2.45. The largest absolute Gasteiger partial charge is 0.495 e. The van der Waals surface area contributed by atoms with Crippen molar-refractivity contribution in [3.63, 3.8) is 0 Å². The van der Waals surface area contributed by atoms with Crippen molar-refractivity contribution in [2.45, 2.75) is 43.5 Å². The lowest BCUT2D eigenvalue weighted by Crippen LogP contribution is -2.44. The van der Waals surface area contributed by atoms with Crippen LogP contribution in [0.25, 0.3) is 0 Å². The summed E-state index contributed by atoms with van der Waals surface area (Å²) in [4.78, 5) is 0.165. The lowest BCUT2D eigenvalue weighted by atomic mass is 10.0. The molecule has 0 aliphatic rings. The molecule has 20 heavy (non-hydrogen) atoms. The Morgan fingerprint density at radius 3 is 2.40 bits per heavy atom. The monoisotopic (exact) mass is 319 g/mol. The maximum absolute atomic E-state index is 12.7. The zero-order valence-corrected chi connectivity index (χ0v) is 14.2. The summed E-state index contributed by atoms with van der Waals surface area (Å²) >= 11 is 5.76. The minimum absolute atomic E-state index is 0.165. The molecule has 0 saturated heterocycles. The van der Waals surface area contributed by atoms with Gasteiger partial charge in [0.05, 0.1) is 7.11 Å². The van der Waals surface area contributed by atoms with Crippen molar-refractivity contribution in [2.24, 2.45) is 0 Å². The van der Waals surface area contributed by atoms with Gasteiger partial charge in [0.2, 0.25) is 10.0 Å². The molecule has 6 heteroatoms. The number of sulfonamides is 1. The Kier molecular flexibility index (Phi) is 5.46. The first-order valence-electron chi connectivity index (χ1n) is 6.42. The third kappa shape index (κ3) is 3.27. The predicted molar refractivity (Wildman–Crippen MR) is 81.9 cm³/mol. The maximum atomic E-state index is 12.7. The summed E-state index contributed by atoms with van der Waals surface area (Å²) in [6.45, 7) is 5.74. The van der Waals surface area contributed by atoms with Crippen molar-refractivity contribution in [1.82, 2.24) is 4.31 Å². The van der Waals surface area contributed by atoms with Crippen LogP contribution in [-0.2, 0) is 15.9 Å². The number of benzene rings is 1. The van der Waals surface area contributed by atoms with E-state index in [0.29, 0.717) is 18.1 Å². The van der Waals surface area contributed by atoms with E-state index in [1.807, 2.05) is 20.8 Å². The molecule has 1 aromatic rings. The Hall–Kier alpha value is -0.780. The van der Waals surface area contributed by atoms with Crippen LogP contribution in [0.4, 0.5) is 0 Å². The highest BCUT2D eigenvalue weighted by atomic mass is 35.5. The fourth-order valence-corrected chi connectivity index (χ4v) is 3.58. The second kappa shape index (κ2) is 6.33. The number of ether oxygens (including phenoxy) is 1. The van der Waals surface area contributed by atoms with Crippen molar-refractivity contribution < 1.29 is 13.2 Å². The summed E-state index contributed by atoms with van der Waals surface area (Å²) in [6, 6.07) is 4.91. The van der Waals surface area contributed by atoms with Crippen LogP contribution in [0.15, 0.2) is 23.1 Å².